The molecule has 1 aromatic heterocycles. The van der Waals surface area contributed by atoms with Gasteiger partial charge in [-0.05, 0) is 54.5 Å². The number of carbonyl (C=O) groups excluding carboxylic acids is 1. The number of carbonyl (C=O) groups is 1. The Morgan fingerprint density at radius 3 is 2.80 bits per heavy atom. The molecular weight excluding hydrogens is 256 g/mol. The van der Waals surface area contributed by atoms with Gasteiger partial charge in [0.1, 0.15) is 6.33 Å². The molecule has 7 heteroatoms. The van der Waals surface area contributed by atoms with Gasteiger partial charge in [0.15, 0.2) is 0 Å². The third kappa shape index (κ3) is 2.83. The van der Waals surface area contributed by atoms with Crippen molar-refractivity contribution >= 4 is 11.6 Å². The van der Waals surface area contributed by atoms with E-state index in [0.29, 0.717) is 12.1 Å². The first kappa shape index (κ1) is 14.1. The summed E-state index contributed by atoms with van der Waals surface area (Å²) in [6.07, 6.45) is 2.09. The molecule has 2 rings (SSSR count). The van der Waals surface area contributed by atoms with Crippen molar-refractivity contribution in [1.29, 1.82) is 0 Å². The van der Waals surface area contributed by atoms with Crippen LogP contribution >= 0.6 is 0 Å². The van der Waals surface area contributed by atoms with Crippen molar-refractivity contribution in [2.75, 3.05) is 5.32 Å². The third-order valence-corrected chi connectivity index (χ3v) is 3.30. The van der Waals surface area contributed by atoms with Crippen molar-refractivity contribution < 1.29 is 4.79 Å². The van der Waals surface area contributed by atoms with E-state index in [2.05, 4.69) is 20.8 Å². The zero-order valence-corrected chi connectivity index (χ0v) is 11.8. The summed E-state index contributed by atoms with van der Waals surface area (Å²) >= 11 is 0. The molecule has 0 saturated carbocycles. The average Bonchev–Trinajstić information content (AvgIpc) is 2.92. The molecule has 1 atom stereocenters. The fourth-order valence-corrected chi connectivity index (χ4v) is 1.70. The Hall–Kier alpha value is -2.28. The quantitative estimate of drug-likeness (QED) is 0.867. The van der Waals surface area contributed by atoms with Crippen LogP contribution in [0.1, 0.15) is 25.8 Å². The number of tetrazole rings is 1. The molecule has 3 N–H and O–H groups in total. The summed E-state index contributed by atoms with van der Waals surface area (Å²) in [5.74, 6) is -0.199. The van der Waals surface area contributed by atoms with Crippen LogP contribution in [0.3, 0.4) is 0 Å². The summed E-state index contributed by atoms with van der Waals surface area (Å²) in [5.41, 5.74) is 7.55. The van der Waals surface area contributed by atoms with Gasteiger partial charge in [-0.15, -0.1) is 5.10 Å². The number of hydrogen-bond acceptors (Lipinski definition) is 5. The summed E-state index contributed by atoms with van der Waals surface area (Å²) in [7, 11) is 0. The molecule has 1 unspecified atom stereocenters. The van der Waals surface area contributed by atoms with Gasteiger partial charge in [-0.25, -0.2) is 4.68 Å². The molecule has 106 valence electrons. The molecule has 0 bridgehead atoms. The van der Waals surface area contributed by atoms with Gasteiger partial charge in [-0.1, -0.05) is 6.92 Å². The highest BCUT2D eigenvalue weighted by Gasteiger charge is 2.25. The van der Waals surface area contributed by atoms with Crippen molar-refractivity contribution in [2.24, 2.45) is 5.73 Å². The van der Waals surface area contributed by atoms with Crippen molar-refractivity contribution in [2.45, 2.75) is 32.7 Å². The lowest BCUT2D eigenvalue weighted by Gasteiger charge is -2.21. The van der Waals surface area contributed by atoms with E-state index in [1.54, 1.807) is 17.7 Å². The van der Waals surface area contributed by atoms with E-state index < -0.39 is 5.54 Å². The molecular formula is C13H18N6O. The first-order valence-electron chi connectivity index (χ1n) is 6.38. The first-order chi connectivity index (χ1) is 9.44. The van der Waals surface area contributed by atoms with E-state index in [4.69, 9.17) is 5.73 Å². The number of anilines is 1. The maximum absolute atomic E-state index is 12.0. The number of aryl methyl sites for hydroxylation is 1. The predicted molar refractivity (Wildman–Crippen MR) is 75.4 cm³/mol. The number of aromatic nitrogens is 4. The highest BCUT2D eigenvalue weighted by atomic mass is 16.2. The Kier molecular flexibility index (Phi) is 3.80. The number of nitrogens with one attached hydrogen (secondary N) is 1. The minimum Gasteiger partial charge on any atom is -0.324 e. The summed E-state index contributed by atoms with van der Waals surface area (Å²) < 4.78 is 1.57. The van der Waals surface area contributed by atoms with Gasteiger partial charge in [0.25, 0.3) is 0 Å². The van der Waals surface area contributed by atoms with Crippen LogP contribution in [0.25, 0.3) is 5.69 Å². The predicted octanol–water partition coefficient (Wildman–Crippen LogP) is 1.04. The molecule has 0 spiro atoms. The number of nitrogens with zero attached hydrogens (tertiary/aromatic N) is 4. The number of hydrogen-bond donors (Lipinski definition) is 2. The van der Waals surface area contributed by atoms with E-state index in [1.165, 1.54) is 6.33 Å². The van der Waals surface area contributed by atoms with Crippen LogP contribution in [0.4, 0.5) is 5.69 Å². The zero-order valence-electron chi connectivity index (χ0n) is 11.8. The Bertz CT molecular complexity index is 605. The summed E-state index contributed by atoms with van der Waals surface area (Å²) in [4.78, 5) is 12.0. The molecule has 2 aromatic rings. The largest absolute Gasteiger partial charge is 0.324 e. The van der Waals surface area contributed by atoms with Gasteiger partial charge in [-0.2, -0.15) is 0 Å². The number of rotatable bonds is 4. The molecule has 0 aliphatic carbocycles. The van der Waals surface area contributed by atoms with E-state index in [0.717, 1.165) is 11.3 Å². The Balaban J connectivity index is 2.20. The molecule has 0 aliphatic rings. The normalized spacial score (nSPS) is 13.8. The standard InChI is InChI=1S/C13H18N6O/c1-4-13(3,14)12(20)16-10-5-6-11(9(2)7-10)19-8-15-17-18-19/h5-8H,4,14H2,1-3H3,(H,16,20). The fraction of sp³-hybridized carbons (Fsp3) is 0.385. The second-order valence-corrected chi connectivity index (χ2v) is 4.98. The van der Waals surface area contributed by atoms with Crippen LogP contribution in [0.15, 0.2) is 24.5 Å². The smallest absolute Gasteiger partial charge is 0.244 e. The molecule has 0 radical (unpaired) electrons. The molecule has 1 heterocycles. The van der Waals surface area contributed by atoms with Gasteiger partial charge in [0, 0.05) is 5.69 Å². The maximum Gasteiger partial charge on any atom is 0.244 e. The second kappa shape index (κ2) is 5.38. The molecule has 0 saturated heterocycles. The van der Waals surface area contributed by atoms with E-state index in [9.17, 15) is 4.79 Å². The summed E-state index contributed by atoms with van der Waals surface area (Å²) in [6, 6.07) is 5.51. The average molecular weight is 274 g/mol. The molecule has 1 aromatic carbocycles. The lowest BCUT2D eigenvalue weighted by atomic mass is 9.99. The van der Waals surface area contributed by atoms with Gasteiger partial charge in [-0.3, -0.25) is 4.79 Å². The topological polar surface area (TPSA) is 98.7 Å². The summed E-state index contributed by atoms with van der Waals surface area (Å²) in [5, 5.41) is 13.9. The van der Waals surface area contributed by atoms with E-state index in [1.807, 2.05) is 26.0 Å². The van der Waals surface area contributed by atoms with Gasteiger partial charge < -0.3 is 11.1 Å². The van der Waals surface area contributed by atoms with Gasteiger partial charge in [0.2, 0.25) is 5.91 Å². The lowest BCUT2D eigenvalue weighted by Crippen LogP contribution is -2.47. The SMILES string of the molecule is CCC(C)(N)C(=O)Nc1ccc(-n2cnnn2)c(C)c1. The third-order valence-electron chi connectivity index (χ3n) is 3.30. The van der Waals surface area contributed by atoms with Crippen LogP contribution in [-0.2, 0) is 4.79 Å². The number of nitrogens with two attached hydrogens (primary N) is 1. The van der Waals surface area contributed by atoms with Gasteiger partial charge >= 0.3 is 0 Å². The van der Waals surface area contributed by atoms with E-state index >= 15 is 0 Å². The van der Waals surface area contributed by atoms with Crippen LogP contribution in [0.2, 0.25) is 0 Å². The lowest BCUT2D eigenvalue weighted by molar-refractivity contribution is -0.120. The van der Waals surface area contributed by atoms with Crippen LogP contribution in [0.5, 0.6) is 0 Å². The Morgan fingerprint density at radius 2 is 2.25 bits per heavy atom. The minimum atomic E-state index is -0.873. The number of benzene rings is 1. The van der Waals surface area contributed by atoms with Crippen LogP contribution in [0, 0.1) is 6.92 Å². The van der Waals surface area contributed by atoms with Crippen LogP contribution < -0.4 is 11.1 Å². The molecule has 7 nitrogen and oxygen atoms in total. The zero-order chi connectivity index (χ0) is 14.8. The first-order valence-corrected chi connectivity index (χ1v) is 6.38. The minimum absolute atomic E-state index is 0.199. The van der Waals surface area contributed by atoms with Crippen LogP contribution in [-0.4, -0.2) is 31.7 Å². The molecule has 1 amide bonds. The maximum atomic E-state index is 12.0. The second-order valence-electron chi connectivity index (χ2n) is 4.98. The molecule has 0 fully saturated rings. The highest BCUT2D eigenvalue weighted by Crippen LogP contribution is 2.19. The molecule has 20 heavy (non-hydrogen) atoms. The Labute approximate surface area is 117 Å². The highest BCUT2D eigenvalue weighted by molar-refractivity contribution is 5.97. The van der Waals surface area contributed by atoms with E-state index in [-0.39, 0.29) is 5.91 Å². The molecule has 0 aliphatic heterocycles. The number of amides is 1. The van der Waals surface area contributed by atoms with Crippen molar-refractivity contribution in [3.8, 4) is 5.69 Å². The van der Waals surface area contributed by atoms with Crippen molar-refractivity contribution in [3.63, 3.8) is 0 Å². The Morgan fingerprint density at radius 1 is 1.50 bits per heavy atom. The summed E-state index contributed by atoms with van der Waals surface area (Å²) in [6.45, 7) is 5.52. The fourth-order valence-electron chi connectivity index (χ4n) is 1.70. The van der Waals surface area contributed by atoms with Crippen molar-refractivity contribution in [1.82, 2.24) is 20.2 Å². The monoisotopic (exact) mass is 274 g/mol. The van der Waals surface area contributed by atoms with Crippen molar-refractivity contribution in [3.05, 3.63) is 30.1 Å². The van der Waals surface area contributed by atoms with Gasteiger partial charge in [0.05, 0.1) is 11.2 Å².